The molecule has 3 rings (SSSR count). The summed E-state index contributed by atoms with van der Waals surface area (Å²) in [5.74, 6) is 0.623. The van der Waals surface area contributed by atoms with Crippen molar-refractivity contribution in [3.05, 3.63) is 60.2 Å². The number of methoxy groups -OCH3 is 1. The molecular weight excluding hydrogens is 316 g/mol. The summed E-state index contributed by atoms with van der Waals surface area (Å²) >= 11 is 0. The summed E-state index contributed by atoms with van der Waals surface area (Å²) in [5.41, 5.74) is 1.42. The fourth-order valence-corrected chi connectivity index (χ4v) is 3.05. The summed E-state index contributed by atoms with van der Waals surface area (Å²) in [6, 6.07) is 16.6. The van der Waals surface area contributed by atoms with E-state index in [2.05, 4.69) is 5.32 Å². The molecule has 5 heteroatoms. The minimum absolute atomic E-state index is 0.0131. The highest BCUT2D eigenvalue weighted by Gasteiger charge is 2.28. The molecule has 2 amide bonds. The van der Waals surface area contributed by atoms with Gasteiger partial charge >= 0.3 is 0 Å². The van der Waals surface area contributed by atoms with E-state index in [1.165, 1.54) is 0 Å². The molecule has 5 nitrogen and oxygen atoms in total. The second kappa shape index (κ2) is 7.83. The molecule has 0 unspecified atom stereocenters. The van der Waals surface area contributed by atoms with Gasteiger partial charge in [-0.2, -0.15) is 0 Å². The topological polar surface area (TPSA) is 58.6 Å². The summed E-state index contributed by atoms with van der Waals surface area (Å²) in [6.07, 6.45) is 1.35. The van der Waals surface area contributed by atoms with E-state index in [0.717, 1.165) is 5.69 Å². The van der Waals surface area contributed by atoms with E-state index in [1.54, 1.807) is 24.1 Å². The molecule has 25 heavy (non-hydrogen) atoms. The lowest BCUT2D eigenvalue weighted by molar-refractivity contribution is -0.121. The average Bonchev–Trinajstić information content (AvgIpc) is 2.68. The van der Waals surface area contributed by atoms with Crippen LogP contribution in [0.15, 0.2) is 54.6 Å². The van der Waals surface area contributed by atoms with Crippen molar-refractivity contribution >= 4 is 17.5 Å². The maximum Gasteiger partial charge on any atom is 0.253 e. The van der Waals surface area contributed by atoms with Crippen molar-refractivity contribution < 1.29 is 14.3 Å². The maximum atomic E-state index is 12.6. The zero-order valence-electron chi connectivity index (χ0n) is 14.3. The van der Waals surface area contributed by atoms with Crippen LogP contribution in [-0.4, -0.2) is 36.9 Å². The number of para-hydroxylation sites is 1. The Balaban J connectivity index is 1.56. The van der Waals surface area contributed by atoms with Gasteiger partial charge in [-0.1, -0.05) is 24.3 Å². The van der Waals surface area contributed by atoms with Crippen LogP contribution in [0.25, 0.3) is 0 Å². The summed E-state index contributed by atoms with van der Waals surface area (Å²) in [4.78, 5) is 26.8. The van der Waals surface area contributed by atoms with Crippen molar-refractivity contribution in [1.29, 1.82) is 0 Å². The number of anilines is 1. The average molecular weight is 338 g/mol. The fourth-order valence-electron chi connectivity index (χ4n) is 3.05. The second-order valence-electron chi connectivity index (χ2n) is 6.15. The number of carbonyl (C=O) groups is 2. The third-order valence-electron chi connectivity index (χ3n) is 4.51. The van der Waals surface area contributed by atoms with Gasteiger partial charge in [-0.15, -0.1) is 0 Å². The molecule has 1 aliphatic heterocycles. The Morgan fingerprint density at radius 2 is 1.76 bits per heavy atom. The van der Waals surface area contributed by atoms with E-state index in [9.17, 15) is 9.59 Å². The number of rotatable bonds is 4. The molecule has 1 saturated heterocycles. The summed E-state index contributed by atoms with van der Waals surface area (Å²) in [6.45, 7) is 1.17. The highest BCUT2D eigenvalue weighted by atomic mass is 16.5. The number of amides is 2. The first-order valence-corrected chi connectivity index (χ1v) is 8.46. The van der Waals surface area contributed by atoms with Crippen molar-refractivity contribution in [2.75, 3.05) is 25.5 Å². The number of nitrogens with one attached hydrogen (secondary N) is 1. The monoisotopic (exact) mass is 338 g/mol. The van der Waals surface area contributed by atoms with Crippen LogP contribution in [-0.2, 0) is 4.79 Å². The number of benzene rings is 2. The lowest BCUT2D eigenvalue weighted by Crippen LogP contribution is -2.41. The Morgan fingerprint density at radius 3 is 2.44 bits per heavy atom. The molecule has 2 aromatic carbocycles. The highest BCUT2D eigenvalue weighted by molar-refractivity contribution is 5.95. The van der Waals surface area contributed by atoms with Crippen LogP contribution < -0.4 is 10.1 Å². The third kappa shape index (κ3) is 4.18. The summed E-state index contributed by atoms with van der Waals surface area (Å²) < 4.78 is 5.17. The summed E-state index contributed by atoms with van der Waals surface area (Å²) in [7, 11) is 1.58. The van der Waals surface area contributed by atoms with E-state index in [0.29, 0.717) is 37.2 Å². The first-order chi connectivity index (χ1) is 12.2. The fraction of sp³-hybridized carbons (Fsp3) is 0.300. The van der Waals surface area contributed by atoms with Gasteiger partial charge in [0.15, 0.2) is 0 Å². The van der Waals surface area contributed by atoms with Crippen molar-refractivity contribution in [2.24, 2.45) is 5.92 Å². The van der Waals surface area contributed by atoms with E-state index in [4.69, 9.17) is 4.74 Å². The van der Waals surface area contributed by atoms with Gasteiger partial charge in [0.1, 0.15) is 5.75 Å². The van der Waals surface area contributed by atoms with Crippen molar-refractivity contribution in [3.8, 4) is 5.75 Å². The van der Waals surface area contributed by atoms with Crippen LogP contribution in [0.4, 0.5) is 5.69 Å². The normalized spacial score (nSPS) is 14.8. The van der Waals surface area contributed by atoms with Crippen LogP contribution in [0.5, 0.6) is 5.75 Å². The first-order valence-electron chi connectivity index (χ1n) is 8.46. The van der Waals surface area contributed by atoms with Crippen molar-refractivity contribution in [1.82, 2.24) is 4.90 Å². The molecule has 0 bridgehead atoms. The standard InChI is InChI=1S/C20H22N2O3/c1-25-18-9-5-6-16(14-18)20(24)22-12-10-15(11-13-22)19(23)21-17-7-3-2-4-8-17/h2-9,14-15H,10-13H2,1H3,(H,21,23). The van der Waals surface area contributed by atoms with Gasteiger partial charge in [-0.3, -0.25) is 9.59 Å². The minimum atomic E-state index is -0.0606. The predicted molar refractivity (Wildman–Crippen MR) is 96.7 cm³/mol. The predicted octanol–water partition coefficient (Wildman–Crippen LogP) is 3.19. The number of ether oxygens (including phenoxy) is 1. The molecule has 0 spiro atoms. The number of hydrogen-bond donors (Lipinski definition) is 1. The van der Waals surface area contributed by atoms with Gasteiger partial charge in [0, 0.05) is 30.3 Å². The van der Waals surface area contributed by atoms with E-state index in [1.807, 2.05) is 42.5 Å². The molecule has 1 aliphatic rings. The minimum Gasteiger partial charge on any atom is -0.497 e. The van der Waals surface area contributed by atoms with E-state index in [-0.39, 0.29) is 17.7 Å². The molecule has 1 N–H and O–H groups in total. The van der Waals surface area contributed by atoms with Crippen molar-refractivity contribution in [2.45, 2.75) is 12.8 Å². The quantitative estimate of drug-likeness (QED) is 0.931. The molecule has 0 atom stereocenters. The largest absolute Gasteiger partial charge is 0.497 e. The molecule has 0 radical (unpaired) electrons. The molecule has 2 aromatic rings. The van der Waals surface area contributed by atoms with E-state index < -0.39 is 0 Å². The SMILES string of the molecule is COc1cccc(C(=O)N2CCC(C(=O)Nc3ccccc3)CC2)c1. The van der Waals surface area contributed by atoms with Gasteiger partial charge in [-0.05, 0) is 43.2 Å². The van der Waals surface area contributed by atoms with Crippen LogP contribution in [0.2, 0.25) is 0 Å². The molecule has 0 saturated carbocycles. The van der Waals surface area contributed by atoms with Gasteiger partial charge in [0.2, 0.25) is 5.91 Å². The number of carbonyl (C=O) groups excluding carboxylic acids is 2. The Kier molecular flexibility index (Phi) is 5.33. The molecule has 0 aromatic heterocycles. The number of piperidine rings is 1. The van der Waals surface area contributed by atoms with Crippen LogP contribution in [0.1, 0.15) is 23.2 Å². The zero-order valence-corrected chi connectivity index (χ0v) is 14.3. The lowest BCUT2D eigenvalue weighted by Gasteiger charge is -2.31. The Bertz CT molecular complexity index is 738. The number of hydrogen-bond acceptors (Lipinski definition) is 3. The van der Waals surface area contributed by atoms with E-state index >= 15 is 0 Å². The number of nitrogens with zero attached hydrogens (tertiary/aromatic N) is 1. The van der Waals surface area contributed by atoms with Gasteiger partial charge in [-0.25, -0.2) is 0 Å². The maximum absolute atomic E-state index is 12.6. The second-order valence-corrected chi connectivity index (χ2v) is 6.15. The molecule has 1 fully saturated rings. The summed E-state index contributed by atoms with van der Waals surface area (Å²) in [5, 5.41) is 2.94. The van der Waals surface area contributed by atoms with Crippen LogP contribution >= 0.6 is 0 Å². The van der Waals surface area contributed by atoms with Crippen LogP contribution in [0, 0.1) is 5.92 Å². The lowest BCUT2D eigenvalue weighted by atomic mass is 9.95. The molecular formula is C20H22N2O3. The number of likely N-dealkylation sites (tertiary alicyclic amines) is 1. The Hall–Kier alpha value is -2.82. The van der Waals surface area contributed by atoms with Crippen LogP contribution in [0.3, 0.4) is 0 Å². The smallest absolute Gasteiger partial charge is 0.253 e. The van der Waals surface area contributed by atoms with Gasteiger partial charge < -0.3 is 15.0 Å². The Morgan fingerprint density at radius 1 is 1.04 bits per heavy atom. The molecule has 0 aliphatic carbocycles. The first kappa shape index (κ1) is 17.0. The highest BCUT2D eigenvalue weighted by Crippen LogP contribution is 2.22. The molecule has 130 valence electrons. The van der Waals surface area contributed by atoms with Gasteiger partial charge in [0.05, 0.1) is 7.11 Å². The van der Waals surface area contributed by atoms with Gasteiger partial charge in [0.25, 0.3) is 5.91 Å². The van der Waals surface area contributed by atoms with Crippen molar-refractivity contribution in [3.63, 3.8) is 0 Å². The Labute approximate surface area is 147 Å². The third-order valence-corrected chi connectivity index (χ3v) is 4.51. The molecule has 1 heterocycles. The zero-order chi connectivity index (χ0) is 17.6.